The average Bonchev–Trinajstić information content (AvgIpc) is 2.55. The number of rotatable bonds is 7. The molecule has 1 amide bonds. The maximum absolute atomic E-state index is 11.6. The lowest BCUT2D eigenvalue weighted by Gasteiger charge is -2.19. The summed E-state index contributed by atoms with van der Waals surface area (Å²) in [5.41, 5.74) is 0.558. The number of aliphatic imine (C=N–C) groups is 1. The first-order valence-electron chi connectivity index (χ1n) is 8.56. The van der Waals surface area contributed by atoms with Crippen molar-refractivity contribution in [2.75, 3.05) is 26.7 Å². The number of carbonyl (C=O) groups excluding carboxylic acids is 1. The molecular weight excluding hydrogens is 527 g/mol. The van der Waals surface area contributed by atoms with Gasteiger partial charge in [-0.3, -0.25) is 0 Å². The van der Waals surface area contributed by atoms with Crippen molar-refractivity contribution < 1.29 is 14.3 Å². The van der Waals surface area contributed by atoms with Gasteiger partial charge in [0.05, 0.1) is 18.1 Å². The van der Waals surface area contributed by atoms with Crippen LogP contribution >= 0.6 is 39.9 Å². The molecule has 0 radical (unpaired) electrons. The highest BCUT2D eigenvalue weighted by molar-refractivity contribution is 14.0. The maximum Gasteiger partial charge on any atom is 0.407 e. The zero-order chi connectivity index (χ0) is 19.6. The highest BCUT2D eigenvalue weighted by atomic mass is 127. The SMILES string of the molecule is CCNC(=NCc1ccc(OC)c(Br)c1)NCCNC(=O)OC(C)(C)C.I. The molecule has 3 N–H and O–H groups in total. The van der Waals surface area contributed by atoms with Crippen LogP contribution in [0.1, 0.15) is 33.3 Å². The van der Waals surface area contributed by atoms with E-state index in [1.807, 2.05) is 45.9 Å². The van der Waals surface area contributed by atoms with Gasteiger partial charge in [0, 0.05) is 19.6 Å². The Hall–Kier alpha value is -1.23. The van der Waals surface area contributed by atoms with Crippen molar-refractivity contribution in [2.24, 2.45) is 4.99 Å². The van der Waals surface area contributed by atoms with Crippen LogP contribution < -0.4 is 20.7 Å². The van der Waals surface area contributed by atoms with Crippen LogP contribution in [0.4, 0.5) is 4.79 Å². The summed E-state index contributed by atoms with van der Waals surface area (Å²) >= 11 is 3.47. The van der Waals surface area contributed by atoms with E-state index in [-0.39, 0.29) is 24.0 Å². The molecule has 0 spiro atoms. The second kappa shape index (κ2) is 13.0. The van der Waals surface area contributed by atoms with Crippen molar-refractivity contribution in [2.45, 2.75) is 39.8 Å². The third-order valence-corrected chi connectivity index (χ3v) is 3.69. The van der Waals surface area contributed by atoms with Crippen LogP contribution in [0.5, 0.6) is 5.75 Å². The third kappa shape index (κ3) is 11.3. The largest absolute Gasteiger partial charge is 0.496 e. The zero-order valence-corrected chi connectivity index (χ0v) is 20.4. The number of alkyl carbamates (subject to hydrolysis) is 1. The van der Waals surface area contributed by atoms with Crippen LogP contribution in [-0.4, -0.2) is 44.4 Å². The Balaban J connectivity index is 0.00000676. The molecule has 0 fully saturated rings. The van der Waals surface area contributed by atoms with Gasteiger partial charge in [-0.15, -0.1) is 24.0 Å². The van der Waals surface area contributed by atoms with Crippen molar-refractivity contribution >= 4 is 52.0 Å². The number of amides is 1. The summed E-state index contributed by atoms with van der Waals surface area (Å²) in [7, 11) is 1.64. The second-order valence-electron chi connectivity index (χ2n) is 6.52. The predicted molar refractivity (Wildman–Crippen MR) is 123 cm³/mol. The third-order valence-electron chi connectivity index (χ3n) is 3.07. The van der Waals surface area contributed by atoms with Gasteiger partial charge in [-0.25, -0.2) is 9.79 Å². The normalized spacial score (nSPS) is 11.3. The molecule has 0 unspecified atom stereocenters. The number of hydrogen-bond acceptors (Lipinski definition) is 4. The molecule has 0 atom stereocenters. The fraction of sp³-hybridized carbons (Fsp3) is 0.556. The molecule has 0 saturated heterocycles. The fourth-order valence-electron chi connectivity index (χ4n) is 1.98. The lowest BCUT2D eigenvalue weighted by Crippen LogP contribution is -2.42. The van der Waals surface area contributed by atoms with E-state index in [0.29, 0.717) is 25.6 Å². The topological polar surface area (TPSA) is 84.0 Å². The first kappa shape index (κ1) is 25.8. The number of methoxy groups -OCH3 is 1. The lowest BCUT2D eigenvalue weighted by molar-refractivity contribution is 0.0529. The highest BCUT2D eigenvalue weighted by Crippen LogP contribution is 2.25. The molecule has 0 aliphatic carbocycles. The smallest absolute Gasteiger partial charge is 0.407 e. The van der Waals surface area contributed by atoms with Crippen LogP contribution in [0, 0.1) is 0 Å². The minimum Gasteiger partial charge on any atom is -0.496 e. The van der Waals surface area contributed by atoms with Crippen LogP contribution in [0.15, 0.2) is 27.7 Å². The number of ether oxygens (including phenoxy) is 2. The van der Waals surface area contributed by atoms with Gasteiger partial charge in [0.15, 0.2) is 5.96 Å². The molecule has 0 aromatic heterocycles. The number of carbonyl (C=O) groups is 1. The quantitative estimate of drug-likeness (QED) is 0.207. The number of halogens is 2. The molecule has 154 valence electrons. The monoisotopic (exact) mass is 556 g/mol. The number of hydrogen-bond donors (Lipinski definition) is 3. The van der Waals surface area contributed by atoms with E-state index in [9.17, 15) is 4.79 Å². The van der Waals surface area contributed by atoms with Crippen molar-refractivity contribution in [3.63, 3.8) is 0 Å². The highest BCUT2D eigenvalue weighted by Gasteiger charge is 2.15. The van der Waals surface area contributed by atoms with Gasteiger partial charge < -0.3 is 25.4 Å². The van der Waals surface area contributed by atoms with E-state index >= 15 is 0 Å². The van der Waals surface area contributed by atoms with Crippen LogP contribution in [-0.2, 0) is 11.3 Å². The molecule has 27 heavy (non-hydrogen) atoms. The van der Waals surface area contributed by atoms with Crippen LogP contribution in [0.3, 0.4) is 0 Å². The molecule has 0 aliphatic heterocycles. The van der Waals surface area contributed by atoms with E-state index in [2.05, 4.69) is 36.9 Å². The number of benzene rings is 1. The standard InChI is InChI=1S/C18H29BrN4O3.HI/c1-6-20-16(21-9-10-22-17(24)26-18(2,3)4)23-12-13-7-8-15(25-5)14(19)11-13;/h7-8,11H,6,9-10,12H2,1-5H3,(H,22,24)(H2,20,21,23);1H. The van der Waals surface area contributed by atoms with Crippen molar-refractivity contribution in [1.29, 1.82) is 0 Å². The van der Waals surface area contributed by atoms with Gasteiger partial charge in [-0.1, -0.05) is 6.07 Å². The molecule has 7 nitrogen and oxygen atoms in total. The Morgan fingerprint density at radius 3 is 2.41 bits per heavy atom. The van der Waals surface area contributed by atoms with E-state index in [0.717, 1.165) is 22.3 Å². The molecule has 0 bridgehead atoms. The molecule has 1 aromatic rings. The van der Waals surface area contributed by atoms with Crippen molar-refractivity contribution in [3.05, 3.63) is 28.2 Å². The summed E-state index contributed by atoms with van der Waals surface area (Å²) < 4.78 is 11.3. The van der Waals surface area contributed by atoms with E-state index in [1.165, 1.54) is 0 Å². The molecule has 1 rings (SSSR count). The first-order valence-corrected chi connectivity index (χ1v) is 9.36. The Bertz CT molecular complexity index is 621. The molecule has 0 heterocycles. The molecule has 0 saturated carbocycles. The lowest BCUT2D eigenvalue weighted by atomic mass is 10.2. The zero-order valence-electron chi connectivity index (χ0n) is 16.5. The van der Waals surface area contributed by atoms with E-state index in [4.69, 9.17) is 9.47 Å². The summed E-state index contributed by atoms with van der Waals surface area (Å²) in [6.07, 6.45) is -0.427. The van der Waals surface area contributed by atoms with Gasteiger partial charge >= 0.3 is 6.09 Å². The van der Waals surface area contributed by atoms with Gasteiger partial charge in [0.2, 0.25) is 0 Å². The minimum atomic E-state index is -0.499. The van der Waals surface area contributed by atoms with Crippen molar-refractivity contribution in [3.8, 4) is 5.75 Å². The summed E-state index contributed by atoms with van der Waals surface area (Å²) in [5, 5.41) is 9.06. The second-order valence-corrected chi connectivity index (χ2v) is 7.37. The Morgan fingerprint density at radius 2 is 1.85 bits per heavy atom. The Kier molecular flexibility index (Phi) is 12.4. The van der Waals surface area contributed by atoms with Gasteiger partial charge in [-0.2, -0.15) is 0 Å². The minimum absolute atomic E-state index is 0. The summed E-state index contributed by atoms with van der Waals surface area (Å²) in [5.74, 6) is 1.47. The van der Waals surface area contributed by atoms with Gasteiger partial charge in [0.1, 0.15) is 11.4 Å². The maximum atomic E-state index is 11.6. The number of guanidine groups is 1. The van der Waals surface area contributed by atoms with Crippen LogP contribution in [0.2, 0.25) is 0 Å². The van der Waals surface area contributed by atoms with Gasteiger partial charge in [-0.05, 0) is 61.3 Å². The Morgan fingerprint density at radius 1 is 1.19 bits per heavy atom. The Labute approximate surface area is 187 Å². The average molecular weight is 557 g/mol. The van der Waals surface area contributed by atoms with Crippen LogP contribution in [0.25, 0.3) is 0 Å². The molecule has 9 heteroatoms. The number of nitrogens with zero attached hydrogens (tertiary/aromatic N) is 1. The summed E-state index contributed by atoms with van der Waals surface area (Å²) in [6, 6.07) is 5.86. The van der Waals surface area contributed by atoms with Gasteiger partial charge in [0.25, 0.3) is 0 Å². The fourth-order valence-corrected chi connectivity index (χ4v) is 2.57. The van der Waals surface area contributed by atoms with E-state index in [1.54, 1.807) is 7.11 Å². The number of nitrogens with one attached hydrogen (secondary N) is 3. The summed E-state index contributed by atoms with van der Waals surface area (Å²) in [6.45, 7) is 9.74. The van der Waals surface area contributed by atoms with Crippen molar-refractivity contribution in [1.82, 2.24) is 16.0 Å². The summed E-state index contributed by atoms with van der Waals surface area (Å²) in [4.78, 5) is 16.1. The first-order chi connectivity index (χ1) is 12.2. The predicted octanol–water partition coefficient (Wildman–Crippen LogP) is 3.66. The molecular formula is C18H30BrIN4O3. The molecule has 0 aliphatic rings. The molecule has 1 aromatic carbocycles. The van der Waals surface area contributed by atoms with E-state index < -0.39 is 11.7 Å².